The Bertz CT molecular complexity index is 591. The van der Waals surface area contributed by atoms with E-state index in [2.05, 4.69) is 9.72 Å². The minimum atomic E-state index is -2.97. The molecule has 3 nitrogen and oxygen atoms in total. The Morgan fingerprint density at radius 3 is 2.74 bits per heavy atom. The van der Waals surface area contributed by atoms with E-state index >= 15 is 0 Å². The first-order valence-electron chi connectivity index (χ1n) is 4.95. The number of hydrogen-bond donors (Lipinski definition) is 0. The summed E-state index contributed by atoms with van der Waals surface area (Å²) < 4.78 is 46.9. The lowest BCUT2D eigenvalue weighted by Gasteiger charge is -2.06. The fraction of sp³-hybridized carbons (Fsp3) is 0.182. The average Bonchev–Trinajstić information content (AvgIpc) is 2.76. The van der Waals surface area contributed by atoms with Gasteiger partial charge in [-0.05, 0) is 12.1 Å². The third kappa shape index (κ3) is 3.10. The third-order valence-corrected chi connectivity index (χ3v) is 3.22. The van der Waals surface area contributed by atoms with E-state index in [1.807, 2.05) is 0 Å². The molecule has 0 aliphatic heterocycles. The lowest BCUT2D eigenvalue weighted by molar-refractivity contribution is -0.0498. The minimum Gasteiger partial charge on any atom is -0.495 e. The van der Waals surface area contributed by atoms with Crippen molar-refractivity contribution in [3.63, 3.8) is 0 Å². The van der Waals surface area contributed by atoms with E-state index < -0.39 is 12.4 Å². The van der Waals surface area contributed by atoms with Crippen LogP contribution >= 0.6 is 22.9 Å². The van der Waals surface area contributed by atoms with Crippen molar-refractivity contribution in [1.29, 1.82) is 0 Å². The molecule has 0 unspecified atom stereocenters. The van der Waals surface area contributed by atoms with Gasteiger partial charge in [0.05, 0.1) is 17.8 Å². The molecule has 0 radical (unpaired) electrons. The molecule has 2 aromatic rings. The van der Waals surface area contributed by atoms with Crippen molar-refractivity contribution in [2.75, 3.05) is 7.11 Å². The molecule has 0 aliphatic rings. The fourth-order valence-corrected chi connectivity index (χ4v) is 2.29. The predicted molar refractivity (Wildman–Crippen MR) is 65.7 cm³/mol. The highest BCUT2D eigenvalue weighted by molar-refractivity contribution is 7.11. The smallest absolute Gasteiger partial charge is 0.389 e. The Morgan fingerprint density at radius 2 is 2.11 bits per heavy atom. The van der Waals surface area contributed by atoms with E-state index in [0.29, 0.717) is 0 Å². The van der Waals surface area contributed by atoms with E-state index in [9.17, 15) is 13.2 Å². The van der Waals surface area contributed by atoms with Crippen molar-refractivity contribution in [3.8, 4) is 22.2 Å². The van der Waals surface area contributed by atoms with Crippen LogP contribution in [0.25, 0.3) is 11.3 Å². The topological polar surface area (TPSA) is 31.4 Å². The number of nitrogens with zero attached hydrogens (tertiary/aromatic N) is 1. The van der Waals surface area contributed by atoms with Gasteiger partial charge in [0.2, 0.25) is 0 Å². The van der Waals surface area contributed by atoms with Crippen LogP contribution in [0.1, 0.15) is 0 Å². The average molecular weight is 310 g/mol. The summed E-state index contributed by atoms with van der Waals surface area (Å²) in [6.07, 6.45) is 0. The normalized spacial score (nSPS) is 10.8. The summed E-state index contributed by atoms with van der Waals surface area (Å²) in [5.41, 5.74) is 0.273. The highest BCUT2D eigenvalue weighted by Gasteiger charge is 2.15. The van der Waals surface area contributed by atoms with Crippen LogP contribution in [0.5, 0.6) is 10.9 Å². The fourth-order valence-electron chi connectivity index (χ4n) is 1.39. The number of ether oxygens (including phenoxy) is 2. The van der Waals surface area contributed by atoms with Gasteiger partial charge in [-0.25, -0.2) is 9.37 Å². The molecule has 0 bridgehead atoms. The Hall–Kier alpha value is -1.47. The summed E-state index contributed by atoms with van der Waals surface area (Å²) in [7, 11) is 1.38. The third-order valence-electron chi connectivity index (χ3n) is 2.19. The van der Waals surface area contributed by atoms with Crippen LogP contribution in [0.2, 0.25) is 5.02 Å². The molecule has 0 aliphatic carbocycles. The summed E-state index contributed by atoms with van der Waals surface area (Å²) in [5.74, 6) is -0.359. The number of halogens is 4. The summed E-state index contributed by atoms with van der Waals surface area (Å²) in [5, 5.41) is 1.28. The van der Waals surface area contributed by atoms with Gasteiger partial charge >= 0.3 is 6.61 Å². The van der Waals surface area contributed by atoms with Gasteiger partial charge in [0.25, 0.3) is 5.19 Å². The van der Waals surface area contributed by atoms with E-state index in [1.54, 1.807) is 0 Å². The zero-order valence-corrected chi connectivity index (χ0v) is 11.1. The summed E-state index contributed by atoms with van der Waals surface area (Å²) in [6.45, 7) is -2.97. The van der Waals surface area contributed by atoms with Gasteiger partial charge in [0.1, 0.15) is 11.6 Å². The first-order chi connectivity index (χ1) is 9.01. The Kier molecular flexibility index (Phi) is 4.16. The first kappa shape index (κ1) is 14.0. The van der Waals surface area contributed by atoms with Gasteiger partial charge in [-0.3, -0.25) is 0 Å². The highest BCUT2D eigenvalue weighted by Crippen LogP contribution is 2.35. The highest BCUT2D eigenvalue weighted by atomic mass is 35.5. The Balaban J connectivity index is 2.38. The maximum Gasteiger partial charge on any atom is 0.389 e. The van der Waals surface area contributed by atoms with Gasteiger partial charge in [0, 0.05) is 10.9 Å². The van der Waals surface area contributed by atoms with Gasteiger partial charge in [-0.1, -0.05) is 22.9 Å². The molecule has 102 valence electrons. The molecular weight excluding hydrogens is 303 g/mol. The lowest BCUT2D eigenvalue weighted by Crippen LogP contribution is -2.01. The number of methoxy groups -OCH3 is 1. The quantitative estimate of drug-likeness (QED) is 0.847. The monoisotopic (exact) mass is 309 g/mol. The molecular formula is C11H7ClF3NO2S. The molecule has 19 heavy (non-hydrogen) atoms. The number of alkyl halides is 2. The molecule has 0 atom stereocenters. The molecule has 0 saturated carbocycles. The molecule has 0 spiro atoms. The van der Waals surface area contributed by atoms with Crippen LogP contribution in [0.3, 0.4) is 0 Å². The maximum absolute atomic E-state index is 13.8. The molecule has 8 heteroatoms. The molecule has 0 N–H and O–H groups in total. The maximum atomic E-state index is 13.8. The van der Waals surface area contributed by atoms with Crippen LogP contribution < -0.4 is 9.47 Å². The summed E-state index contributed by atoms with van der Waals surface area (Å²) in [6, 6.07) is 2.42. The van der Waals surface area contributed by atoms with Crippen molar-refractivity contribution in [2.24, 2.45) is 0 Å². The van der Waals surface area contributed by atoms with Gasteiger partial charge in [-0.2, -0.15) is 8.78 Å². The molecule has 0 fully saturated rings. The van der Waals surface area contributed by atoms with Crippen molar-refractivity contribution < 1.29 is 22.6 Å². The predicted octanol–water partition coefficient (Wildman–Crippen LogP) is 4.21. The number of benzene rings is 1. The van der Waals surface area contributed by atoms with Gasteiger partial charge in [0.15, 0.2) is 0 Å². The van der Waals surface area contributed by atoms with E-state index in [4.69, 9.17) is 16.3 Å². The SMILES string of the molecule is COc1cc(-c2csc(OC(F)F)n2)c(F)cc1Cl. The van der Waals surface area contributed by atoms with Crippen molar-refractivity contribution in [1.82, 2.24) is 4.98 Å². The van der Waals surface area contributed by atoms with Crippen LogP contribution in [-0.2, 0) is 0 Å². The standard InChI is InChI=1S/C11H7ClF3NO2S/c1-17-9-2-5(7(13)3-6(9)12)8-4-19-11(16-8)18-10(14)15/h2-4,10H,1H3. The van der Waals surface area contributed by atoms with Crippen molar-refractivity contribution >= 4 is 22.9 Å². The summed E-state index contributed by atoms with van der Waals surface area (Å²) >= 11 is 6.60. The molecule has 0 saturated heterocycles. The van der Waals surface area contributed by atoms with E-state index in [-0.39, 0.29) is 27.2 Å². The zero-order valence-electron chi connectivity index (χ0n) is 9.49. The van der Waals surface area contributed by atoms with Gasteiger partial charge in [-0.15, -0.1) is 0 Å². The van der Waals surface area contributed by atoms with E-state index in [1.165, 1.54) is 18.6 Å². The second-order valence-corrected chi connectivity index (χ2v) is 4.57. The number of rotatable bonds is 4. The molecule has 2 rings (SSSR count). The van der Waals surface area contributed by atoms with Crippen molar-refractivity contribution in [2.45, 2.75) is 6.61 Å². The van der Waals surface area contributed by atoms with Crippen LogP contribution in [0.4, 0.5) is 13.2 Å². The van der Waals surface area contributed by atoms with Crippen LogP contribution in [0.15, 0.2) is 17.5 Å². The second kappa shape index (κ2) is 5.66. The van der Waals surface area contributed by atoms with Crippen molar-refractivity contribution in [3.05, 3.63) is 28.4 Å². The molecule has 1 aromatic carbocycles. The van der Waals surface area contributed by atoms with Crippen LogP contribution in [-0.4, -0.2) is 18.7 Å². The first-order valence-corrected chi connectivity index (χ1v) is 6.20. The zero-order chi connectivity index (χ0) is 14.0. The largest absolute Gasteiger partial charge is 0.495 e. The summed E-state index contributed by atoms with van der Waals surface area (Å²) in [4.78, 5) is 3.76. The van der Waals surface area contributed by atoms with E-state index in [0.717, 1.165) is 17.4 Å². The lowest BCUT2D eigenvalue weighted by atomic mass is 10.1. The van der Waals surface area contributed by atoms with Gasteiger partial charge < -0.3 is 9.47 Å². The molecule has 1 aromatic heterocycles. The number of aromatic nitrogens is 1. The minimum absolute atomic E-state index is 0.0987. The molecule has 1 heterocycles. The number of thiazole rings is 1. The van der Waals surface area contributed by atoms with Crippen LogP contribution in [0, 0.1) is 5.82 Å². The number of hydrogen-bond acceptors (Lipinski definition) is 4. The Labute approximate surface area is 115 Å². The molecule has 0 amide bonds. The Morgan fingerprint density at radius 1 is 1.37 bits per heavy atom. The second-order valence-electron chi connectivity index (χ2n) is 3.34.